The van der Waals surface area contributed by atoms with Gasteiger partial charge < -0.3 is 0 Å². The third kappa shape index (κ3) is 34.2. The summed E-state index contributed by atoms with van der Waals surface area (Å²) in [4.78, 5) is 0. The summed E-state index contributed by atoms with van der Waals surface area (Å²) in [6.45, 7) is 0. The van der Waals surface area contributed by atoms with Crippen molar-refractivity contribution in [1.29, 1.82) is 0 Å². The van der Waals surface area contributed by atoms with Gasteiger partial charge in [-0.3, -0.25) is 0 Å². The first-order valence-electron chi connectivity index (χ1n) is 0.655. The monoisotopic (exact) mass is 244 g/mol. The van der Waals surface area contributed by atoms with Crippen LogP contribution in [0.5, 0.6) is 0 Å². The molecule has 0 aromatic heterocycles. The van der Waals surface area contributed by atoms with Crippen LogP contribution in [0.2, 0.25) is 0 Å². The van der Waals surface area contributed by atoms with Gasteiger partial charge in [0, 0.05) is 0 Å². The molecule has 0 unspecified atom stereocenters. The SMILES string of the molecule is [F][In]([F])[F].[GaH3]. The van der Waals surface area contributed by atoms with Crippen molar-refractivity contribution in [1.82, 2.24) is 0 Å². The van der Waals surface area contributed by atoms with Gasteiger partial charge in [-0.1, -0.05) is 0 Å². The zero-order valence-corrected chi connectivity index (χ0v) is 5.01. The Balaban J connectivity index is 0. The molecule has 30 valence electrons. The Kier molecular flexibility index (Phi) is 10.1. The molecule has 0 heterocycles. The molecule has 0 aromatic rings. The summed E-state index contributed by atoms with van der Waals surface area (Å²) < 4.78 is 29.6. The Morgan fingerprint density at radius 1 is 1.00 bits per heavy atom. The molecule has 0 nitrogen and oxygen atoms in total. The predicted molar refractivity (Wildman–Crippen MR) is 19.0 cm³/mol. The third-order valence-corrected chi connectivity index (χ3v) is 0. The molecule has 0 N–H and O–H groups in total. The second-order valence-corrected chi connectivity index (χ2v) is 1.66. The van der Waals surface area contributed by atoms with Gasteiger partial charge in [0.15, 0.2) is 0 Å². The van der Waals surface area contributed by atoms with Crippen LogP contribution in [0.3, 0.4) is 0 Å². The second-order valence-electron chi connectivity index (χ2n) is 0.247. The van der Waals surface area contributed by atoms with E-state index in [-0.39, 0.29) is 19.8 Å². The van der Waals surface area contributed by atoms with Gasteiger partial charge in [0.2, 0.25) is 0 Å². The Labute approximate surface area is 50.9 Å². The topological polar surface area (TPSA) is 0 Å². The van der Waals surface area contributed by atoms with Gasteiger partial charge in [0.1, 0.15) is 0 Å². The van der Waals surface area contributed by atoms with E-state index in [2.05, 4.69) is 0 Å². The van der Waals surface area contributed by atoms with E-state index in [0.29, 0.717) is 0 Å². The molecule has 0 aliphatic heterocycles. The number of hydrogen-bond acceptors (Lipinski definition) is 0. The Hall–Kier alpha value is 1.30. The maximum atomic E-state index is 9.88. The van der Waals surface area contributed by atoms with Gasteiger partial charge in [0.25, 0.3) is 0 Å². The van der Waals surface area contributed by atoms with Crippen LogP contribution < -0.4 is 0 Å². The maximum absolute atomic E-state index is 9.88. The molecular formula is H3F3GaIn. The van der Waals surface area contributed by atoms with Crippen LogP contribution in [0.1, 0.15) is 0 Å². The van der Waals surface area contributed by atoms with Gasteiger partial charge in [-0.25, -0.2) is 0 Å². The number of halogens is 3. The van der Waals surface area contributed by atoms with Crippen LogP contribution in [0.25, 0.3) is 0 Å². The van der Waals surface area contributed by atoms with Crippen molar-refractivity contribution in [3.63, 3.8) is 0 Å². The molecule has 0 bridgehead atoms. The van der Waals surface area contributed by atoms with Crippen LogP contribution >= 0.6 is 0 Å². The number of hydrogen-bond donors (Lipinski definition) is 0. The standard InChI is InChI=1S/3FH.Ga.In.3H/h3*1H;;;;;/q;;;;+3;;;/p-3. The van der Waals surface area contributed by atoms with E-state index in [1.807, 2.05) is 0 Å². The van der Waals surface area contributed by atoms with Gasteiger partial charge in [-0.15, -0.1) is 0 Å². The van der Waals surface area contributed by atoms with Crippen molar-refractivity contribution in [2.75, 3.05) is 0 Å². The zero-order valence-electron chi connectivity index (χ0n) is 1.71. The quantitative estimate of drug-likeness (QED) is 0.513. The summed E-state index contributed by atoms with van der Waals surface area (Å²) in [6.07, 6.45) is 0. The van der Waals surface area contributed by atoms with Crippen molar-refractivity contribution in [3.05, 3.63) is 0 Å². The van der Waals surface area contributed by atoms with Crippen LogP contribution in [-0.2, 0) is 0 Å². The summed E-state index contributed by atoms with van der Waals surface area (Å²) in [6, 6.07) is 0. The van der Waals surface area contributed by atoms with Crippen molar-refractivity contribution in [3.8, 4) is 0 Å². The van der Waals surface area contributed by atoms with Gasteiger partial charge >= 0.3 is 51.0 Å². The minimum absolute atomic E-state index is 0. The molecule has 0 aliphatic rings. The molecule has 0 saturated heterocycles. The molecule has 0 radical (unpaired) electrons. The minimum atomic E-state index is -5.14. The van der Waals surface area contributed by atoms with E-state index in [1.54, 1.807) is 0 Å². The van der Waals surface area contributed by atoms with E-state index < -0.39 is 23.2 Å². The first-order valence-corrected chi connectivity index (χ1v) is 4.39. The first kappa shape index (κ1) is 9.57. The Bertz CT molecular complexity index is 11.6. The molecule has 5 heteroatoms. The molecule has 0 aliphatic carbocycles. The Morgan fingerprint density at radius 2 is 1.00 bits per heavy atom. The van der Waals surface area contributed by atoms with E-state index in [4.69, 9.17) is 0 Å². The molecule has 0 saturated carbocycles. The molecule has 0 amide bonds. The summed E-state index contributed by atoms with van der Waals surface area (Å²) in [7, 11) is 0. The fourth-order valence-electron chi connectivity index (χ4n) is 0. The Morgan fingerprint density at radius 3 is 1.00 bits per heavy atom. The van der Waals surface area contributed by atoms with Crippen LogP contribution in [-0.4, -0.2) is 43.0 Å². The van der Waals surface area contributed by atoms with Gasteiger partial charge in [-0.05, 0) is 0 Å². The number of rotatable bonds is 0. The summed E-state index contributed by atoms with van der Waals surface area (Å²) in [5.41, 5.74) is 0. The molecule has 0 rings (SSSR count). The van der Waals surface area contributed by atoms with Gasteiger partial charge in [-0.2, -0.15) is 0 Å². The molecule has 0 atom stereocenters. The van der Waals surface area contributed by atoms with Crippen molar-refractivity contribution < 1.29 is 7.99 Å². The summed E-state index contributed by atoms with van der Waals surface area (Å²) in [5, 5.41) is 0. The molecule has 5 heavy (non-hydrogen) atoms. The predicted octanol–water partition coefficient (Wildman–Crippen LogP) is -0.304. The van der Waals surface area contributed by atoms with Crippen LogP contribution in [0.15, 0.2) is 0 Å². The summed E-state index contributed by atoms with van der Waals surface area (Å²) >= 11 is -5.14. The van der Waals surface area contributed by atoms with Crippen LogP contribution in [0.4, 0.5) is 7.99 Å². The van der Waals surface area contributed by atoms with Gasteiger partial charge in [0.05, 0.1) is 0 Å². The fourth-order valence-corrected chi connectivity index (χ4v) is 0. The van der Waals surface area contributed by atoms with Crippen LogP contribution in [0, 0.1) is 0 Å². The molecule has 0 fully saturated rings. The first-order chi connectivity index (χ1) is 1.73. The van der Waals surface area contributed by atoms with E-state index in [0.717, 1.165) is 0 Å². The average molecular weight is 245 g/mol. The molecular weight excluding hydrogens is 242 g/mol. The molecule has 0 aromatic carbocycles. The fraction of sp³-hybridized carbons (Fsp3) is 0. The third-order valence-electron chi connectivity index (χ3n) is 0. The van der Waals surface area contributed by atoms with Crippen molar-refractivity contribution >= 4 is 43.0 Å². The normalized spacial score (nSPS) is 5.40. The zero-order chi connectivity index (χ0) is 3.58. The summed E-state index contributed by atoms with van der Waals surface area (Å²) in [5.74, 6) is 0. The molecule has 0 spiro atoms. The van der Waals surface area contributed by atoms with Crippen molar-refractivity contribution in [2.24, 2.45) is 0 Å². The van der Waals surface area contributed by atoms with E-state index in [9.17, 15) is 7.99 Å². The van der Waals surface area contributed by atoms with E-state index >= 15 is 0 Å². The van der Waals surface area contributed by atoms with E-state index in [1.165, 1.54) is 0 Å². The van der Waals surface area contributed by atoms with Crippen molar-refractivity contribution in [2.45, 2.75) is 0 Å². The average Bonchev–Trinajstić information content (AvgIpc) is 0.811. The second kappa shape index (κ2) is 5.30.